The molecule has 4 heteroatoms. The van der Waals surface area contributed by atoms with E-state index in [1.807, 2.05) is 31.2 Å². The number of benzene rings is 2. The van der Waals surface area contributed by atoms with Crippen molar-refractivity contribution in [2.24, 2.45) is 0 Å². The molecule has 0 heterocycles. The van der Waals surface area contributed by atoms with Gasteiger partial charge in [-0.25, -0.2) is 4.79 Å². The van der Waals surface area contributed by atoms with Crippen molar-refractivity contribution < 1.29 is 14.3 Å². The Hall–Kier alpha value is -2.26. The van der Waals surface area contributed by atoms with Gasteiger partial charge in [0.25, 0.3) is 0 Å². The number of hydrogen-bond donors (Lipinski definition) is 0. The molecular formula is C18H17ClO3. The van der Waals surface area contributed by atoms with Crippen LogP contribution in [0.2, 0.25) is 5.02 Å². The molecule has 0 fully saturated rings. The summed E-state index contributed by atoms with van der Waals surface area (Å²) in [6.45, 7) is 2.68. The average molecular weight is 317 g/mol. The maximum atomic E-state index is 11.8. The molecule has 0 N–H and O–H groups in total. The number of ether oxygens (including phenoxy) is 2. The summed E-state index contributed by atoms with van der Waals surface area (Å²) in [7, 11) is 0. The van der Waals surface area contributed by atoms with Gasteiger partial charge < -0.3 is 9.47 Å². The van der Waals surface area contributed by atoms with Gasteiger partial charge in [0.2, 0.25) is 0 Å². The topological polar surface area (TPSA) is 35.5 Å². The van der Waals surface area contributed by atoms with Crippen LogP contribution in [0.25, 0.3) is 6.08 Å². The Morgan fingerprint density at radius 2 is 2.00 bits per heavy atom. The predicted molar refractivity (Wildman–Crippen MR) is 88.3 cm³/mol. The molecule has 0 aliphatic rings. The molecule has 0 aliphatic heterocycles. The van der Waals surface area contributed by atoms with E-state index < -0.39 is 5.97 Å². The van der Waals surface area contributed by atoms with Crippen molar-refractivity contribution in [2.75, 3.05) is 6.61 Å². The first-order valence-corrected chi connectivity index (χ1v) is 7.44. The second-order valence-electron chi connectivity index (χ2n) is 4.60. The Morgan fingerprint density at radius 3 is 2.77 bits per heavy atom. The quantitative estimate of drug-likeness (QED) is 0.438. The number of halogens is 1. The Balaban J connectivity index is 2.03. The molecule has 2 rings (SSSR count). The van der Waals surface area contributed by atoms with Crippen molar-refractivity contribution in [3.63, 3.8) is 0 Å². The highest BCUT2D eigenvalue weighted by molar-refractivity contribution is 6.30. The highest BCUT2D eigenvalue weighted by Crippen LogP contribution is 2.20. The van der Waals surface area contributed by atoms with E-state index in [0.717, 1.165) is 17.7 Å². The highest BCUT2D eigenvalue weighted by Gasteiger charge is 2.03. The number of hydrogen-bond acceptors (Lipinski definition) is 3. The monoisotopic (exact) mass is 316 g/mol. The molecule has 0 aliphatic carbocycles. The highest BCUT2D eigenvalue weighted by atomic mass is 35.5. The smallest absolute Gasteiger partial charge is 0.336 e. The summed E-state index contributed by atoms with van der Waals surface area (Å²) in [5.41, 5.74) is 0.832. The van der Waals surface area contributed by atoms with Gasteiger partial charge >= 0.3 is 5.97 Å². The van der Waals surface area contributed by atoms with Gasteiger partial charge in [-0.15, -0.1) is 0 Å². The van der Waals surface area contributed by atoms with E-state index in [4.69, 9.17) is 21.1 Å². The summed E-state index contributed by atoms with van der Waals surface area (Å²) in [6, 6.07) is 14.2. The van der Waals surface area contributed by atoms with E-state index in [1.54, 1.807) is 30.3 Å². The number of rotatable bonds is 6. The molecule has 0 spiro atoms. The maximum Gasteiger partial charge on any atom is 0.336 e. The van der Waals surface area contributed by atoms with Crippen LogP contribution < -0.4 is 9.47 Å². The molecule has 0 atom stereocenters. The Bertz CT molecular complexity index is 665. The second kappa shape index (κ2) is 8.25. The number of esters is 1. The normalized spacial score (nSPS) is 10.6. The first kappa shape index (κ1) is 16.1. The maximum absolute atomic E-state index is 11.8. The molecule has 0 saturated heterocycles. The molecule has 114 valence electrons. The van der Waals surface area contributed by atoms with Crippen LogP contribution >= 0.6 is 11.6 Å². The van der Waals surface area contributed by atoms with Gasteiger partial charge in [0.15, 0.2) is 0 Å². The van der Waals surface area contributed by atoms with Crippen LogP contribution in [0.4, 0.5) is 0 Å². The lowest BCUT2D eigenvalue weighted by atomic mass is 10.2. The van der Waals surface area contributed by atoms with Crippen LogP contribution in [0.5, 0.6) is 11.5 Å². The average Bonchev–Trinajstić information content (AvgIpc) is 2.51. The van der Waals surface area contributed by atoms with Gasteiger partial charge in [-0.05, 0) is 36.8 Å². The Labute approximate surface area is 135 Å². The van der Waals surface area contributed by atoms with Crippen LogP contribution in [0, 0.1) is 0 Å². The van der Waals surface area contributed by atoms with Gasteiger partial charge in [0.1, 0.15) is 11.5 Å². The summed E-state index contributed by atoms with van der Waals surface area (Å²) in [5, 5.41) is 0.521. The molecule has 0 aromatic heterocycles. The second-order valence-corrected chi connectivity index (χ2v) is 5.03. The molecule has 0 unspecified atom stereocenters. The number of carbonyl (C=O) groups is 1. The minimum atomic E-state index is -0.465. The SMILES string of the molecule is CCCOc1ccccc1/C=C/C(=O)Oc1cccc(Cl)c1. The summed E-state index contributed by atoms with van der Waals surface area (Å²) in [5.74, 6) is 0.696. The molecule has 2 aromatic rings. The summed E-state index contributed by atoms with van der Waals surface area (Å²) >= 11 is 5.84. The third-order valence-electron chi connectivity index (χ3n) is 2.79. The van der Waals surface area contributed by atoms with E-state index in [1.165, 1.54) is 6.08 Å². The molecule has 0 amide bonds. The summed E-state index contributed by atoms with van der Waals surface area (Å²) < 4.78 is 10.8. The number of carbonyl (C=O) groups excluding carboxylic acids is 1. The lowest BCUT2D eigenvalue weighted by Gasteiger charge is -2.07. The molecule has 22 heavy (non-hydrogen) atoms. The van der Waals surface area contributed by atoms with Gasteiger partial charge in [-0.1, -0.05) is 42.8 Å². The van der Waals surface area contributed by atoms with Crippen LogP contribution in [-0.2, 0) is 4.79 Å². The Kier molecular flexibility index (Phi) is 6.04. The zero-order valence-electron chi connectivity index (χ0n) is 12.3. The standard InChI is InChI=1S/C18H17ClO3/c1-2-12-21-17-9-4-3-6-14(17)10-11-18(20)22-16-8-5-7-15(19)13-16/h3-11,13H,2,12H2,1H3/b11-10+. The molecule has 3 nitrogen and oxygen atoms in total. The fraction of sp³-hybridized carbons (Fsp3) is 0.167. The van der Waals surface area contributed by atoms with Gasteiger partial charge in [-0.2, -0.15) is 0 Å². The van der Waals surface area contributed by atoms with Crippen LogP contribution in [0.3, 0.4) is 0 Å². The lowest BCUT2D eigenvalue weighted by Crippen LogP contribution is -2.03. The van der Waals surface area contributed by atoms with Crippen molar-refractivity contribution in [1.82, 2.24) is 0 Å². The van der Waals surface area contributed by atoms with E-state index in [9.17, 15) is 4.79 Å². The first-order valence-electron chi connectivity index (χ1n) is 7.06. The van der Waals surface area contributed by atoms with Crippen molar-refractivity contribution in [1.29, 1.82) is 0 Å². The van der Waals surface area contributed by atoms with E-state index in [0.29, 0.717) is 17.4 Å². The van der Waals surface area contributed by atoms with Crippen molar-refractivity contribution in [2.45, 2.75) is 13.3 Å². The molecule has 0 saturated carbocycles. The zero-order valence-corrected chi connectivity index (χ0v) is 13.0. The van der Waals surface area contributed by atoms with Gasteiger partial charge in [-0.3, -0.25) is 0 Å². The largest absolute Gasteiger partial charge is 0.493 e. The van der Waals surface area contributed by atoms with E-state index >= 15 is 0 Å². The fourth-order valence-corrected chi connectivity index (χ4v) is 1.98. The van der Waals surface area contributed by atoms with Gasteiger partial charge in [0, 0.05) is 16.7 Å². The molecule has 2 aromatic carbocycles. The van der Waals surface area contributed by atoms with Gasteiger partial charge in [0.05, 0.1) is 6.61 Å². The van der Waals surface area contributed by atoms with Crippen LogP contribution in [0.1, 0.15) is 18.9 Å². The molecule has 0 radical (unpaired) electrons. The van der Waals surface area contributed by atoms with Crippen LogP contribution in [-0.4, -0.2) is 12.6 Å². The third-order valence-corrected chi connectivity index (χ3v) is 3.03. The summed E-state index contributed by atoms with van der Waals surface area (Å²) in [6.07, 6.45) is 3.97. The zero-order chi connectivity index (χ0) is 15.8. The summed E-state index contributed by atoms with van der Waals surface area (Å²) in [4.78, 5) is 11.8. The van der Waals surface area contributed by atoms with Crippen molar-refractivity contribution >= 4 is 23.6 Å². The molecule has 0 bridgehead atoms. The molecular weight excluding hydrogens is 300 g/mol. The van der Waals surface area contributed by atoms with Crippen LogP contribution in [0.15, 0.2) is 54.6 Å². The minimum Gasteiger partial charge on any atom is -0.493 e. The third kappa shape index (κ3) is 4.93. The van der Waals surface area contributed by atoms with E-state index in [2.05, 4.69) is 0 Å². The van der Waals surface area contributed by atoms with Crippen molar-refractivity contribution in [3.8, 4) is 11.5 Å². The van der Waals surface area contributed by atoms with E-state index in [-0.39, 0.29) is 0 Å². The lowest BCUT2D eigenvalue weighted by molar-refractivity contribution is -0.128. The minimum absolute atomic E-state index is 0.415. The Morgan fingerprint density at radius 1 is 1.18 bits per heavy atom. The van der Waals surface area contributed by atoms with Crippen molar-refractivity contribution in [3.05, 3.63) is 65.2 Å². The number of para-hydroxylation sites is 1. The first-order chi connectivity index (χ1) is 10.7. The predicted octanol–water partition coefficient (Wildman–Crippen LogP) is 4.75. The fourth-order valence-electron chi connectivity index (χ4n) is 1.80.